The molecule has 1 aliphatic rings. The molecule has 1 aromatic heterocycles. The van der Waals surface area contributed by atoms with Crippen LogP contribution in [0.5, 0.6) is 0 Å². The van der Waals surface area contributed by atoms with Gasteiger partial charge in [-0.25, -0.2) is 14.7 Å². The second kappa shape index (κ2) is 4.98. The summed E-state index contributed by atoms with van der Waals surface area (Å²) < 4.78 is 7.12. The lowest BCUT2D eigenvalue weighted by atomic mass is 10.1. The Labute approximate surface area is 128 Å². The molecule has 2 aromatic rings. The van der Waals surface area contributed by atoms with Gasteiger partial charge in [0, 0.05) is 23.5 Å². The summed E-state index contributed by atoms with van der Waals surface area (Å²) in [7, 11) is 0. The summed E-state index contributed by atoms with van der Waals surface area (Å²) in [5.74, 6) is -0.328. The Hall–Kier alpha value is -2.63. The van der Waals surface area contributed by atoms with Crippen molar-refractivity contribution in [1.82, 2.24) is 14.5 Å². The Morgan fingerprint density at radius 3 is 2.73 bits per heavy atom. The SMILES string of the molecule is CC(C)(C)OC(=O)N1Cc2c(cccc2-n2ccnc2)C1=O. The molecular formula is C16H17N3O3. The quantitative estimate of drug-likeness (QED) is 0.812. The number of imide groups is 1. The minimum absolute atomic E-state index is 0.206. The number of carbonyl (C=O) groups excluding carboxylic acids is 2. The van der Waals surface area contributed by atoms with Crippen molar-refractivity contribution in [2.45, 2.75) is 32.9 Å². The van der Waals surface area contributed by atoms with E-state index in [9.17, 15) is 9.59 Å². The molecule has 6 nitrogen and oxygen atoms in total. The zero-order chi connectivity index (χ0) is 15.9. The topological polar surface area (TPSA) is 64.4 Å². The van der Waals surface area contributed by atoms with Gasteiger partial charge in [0.1, 0.15) is 5.60 Å². The Morgan fingerprint density at radius 1 is 1.32 bits per heavy atom. The van der Waals surface area contributed by atoms with E-state index in [0.29, 0.717) is 5.56 Å². The van der Waals surface area contributed by atoms with Crippen molar-refractivity contribution in [1.29, 1.82) is 0 Å². The Balaban J connectivity index is 1.94. The molecule has 0 radical (unpaired) electrons. The molecule has 0 saturated heterocycles. The third kappa shape index (κ3) is 2.47. The van der Waals surface area contributed by atoms with Gasteiger partial charge in [0.05, 0.1) is 18.6 Å². The van der Waals surface area contributed by atoms with Gasteiger partial charge in [-0.15, -0.1) is 0 Å². The molecule has 0 spiro atoms. The van der Waals surface area contributed by atoms with Crippen LogP contribution >= 0.6 is 0 Å². The predicted octanol–water partition coefficient (Wildman–Crippen LogP) is 2.76. The summed E-state index contributed by atoms with van der Waals surface area (Å²) in [6.45, 7) is 5.53. The fourth-order valence-electron chi connectivity index (χ4n) is 2.42. The average Bonchev–Trinajstić information content (AvgIpc) is 3.05. The van der Waals surface area contributed by atoms with Crippen LogP contribution in [0.2, 0.25) is 0 Å². The first-order chi connectivity index (χ1) is 10.4. The maximum atomic E-state index is 12.4. The fourth-order valence-corrected chi connectivity index (χ4v) is 2.42. The van der Waals surface area contributed by atoms with E-state index >= 15 is 0 Å². The minimum atomic E-state index is -0.640. The molecule has 0 aliphatic carbocycles. The minimum Gasteiger partial charge on any atom is -0.443 e. The third-order valence-electron chi connectivity index (χ3n) is 3.34. The molecule has 2 heterocycles. The zero-order valence-corrected chi connectivity index (χ0v) is 12.7. The highest BCUT2D eigenvalue weighted by atomic mass is 16.6. The molecule has 1 aliphatic heterocycles. The van der Waals surface area contributed by atoms with Crippen LogP contribution in [0.1, 0.15) is 36.7 Å². The van der Waals surface area contributed by atoms with Gasteiger partial charge < -0.3 is 9.30 Å². The second-order valence-electron chi connectivity index (χ2n) is 6.14. The van der Waals surface area contributed by atoms with E-state index < -0.39 is 11.7 Å². The van der Waals surface area contributed by atoms with Crippen molar-refractivity contribution < 1.29 is 14.3 Å². The average molecular weight is 299 g/mol. The maximum Gasteiger partial charge on any atom is 0.417 e. The monoisotopic (exact) mass is 299 g/mol. The van der Waals surface area contributed by atoms with Gasteiger partial charge >= 0.3 is 6.09 Å². The van der Waals surface area contributed by atoms with Crippen LogP contribution in [0.4, 0.5) is 4.79 Å². The van der Waals surface area contributed by atoms with Gasteiger partial charge in [0.2, 0.25) is 0 Å². The standard InChI is InChI=1S/C16H17N3O3/c1-16(2,3)22-15(21)19-9-12-11(14(19)20)5-4-6-13(12)18-8-7-17-10-18/h4-8,10H,9H2,1-3H3. The summed E-state index contributed by atoms with van der Waals surface area (Å²) >= 11 is 0. The van der Waals surface area contributed by atoms with E-state index in [4.69, 9.17) is 4.74 Å². The van der Waals surface area contributed by atoms with Crippen molar-refractivity contribution in [3.63, 3.8) is 0 Å². The van der Waals surface area contributed by atoms with E-state index in [1.807, 2.05) is 10.6 Å². The van der Waals surface area contributed by atoms with Gasteiger partial charge in [-0.2, -0.15) is 0 Å². The number of rotatable bonds is 1. The van der Waals surface area contributed by atoms with Crippen molar-refractivity contribution in [2.75, 3.05) is 0 Å². The van der Waals surface area contributed by atoms with Crippen LogP contribution in [0.25, 0.3) is 5.69 Å². The number of hydrogen-bond donors (Lipinski definition) is 0. The molecule has 0 fully saturated rings. The van der Waals surface area contributed by atoms with E-state index in [-0.39, 0.29) is 12.5 Å². The number of benzene rings is 1. The number of hydrogen-bond acceptors (Lipinski definition) is 4. The number of carbonyl (C=O) groups is 2. The molecule has 0 bridgehead atoms. The molecular weight excluding hydrogens is 282 g/mol. The lowest BCUT2D eigenvalue weighted by molar-refractivity contribution is 0.0248. The molecule has 0 atom stereocenters. The summed E-state index contributed by atoms with van der Waals surface area (Å²) in [5.41, 5.74) is 1.53. The van der Waals surface area contributed by atoms with Gasteiger partial charge in [0.15, 0.2) is 0 Å². The number of aromatic nitrogens is 2. The van der Waals surface area contributed by atoms with Crippen LogP contribution < -0.4 is 0 Å². The summed E-state index contributed by atoms with van der Waals surface area (Å²) in [6, 6.07) is 5.42. The number of nitrogens with zero attached hydrogens (tertiary/aromatic N) is 3. The largest absolute Gasteiger partial charge is 0.443 e. The highest BCUT2D eigenvalue weighted by Gasteiger charge is 2.36. The van der Waals surface area contributed by atoms with E-state index in [1.165, 1.54) is 0 Å². The summed E-state index contributed by atoms with van der Waals surface area (Å²) in [5, 5.41) is 0. The first kappa shape index (κ1) is 14.3. The number of imidazole rings is 1. The Morgan fingerprint density at radius 2 is 2.09 bits per heavy atom. The molecule has 0 saturated carbocycles. The van der Waals surface area contributed by atoms with Gasteiger partial charge in [-0.05, 0) is 32.9 Å². The van der Waals surface area contributed by atoms with Crippen LogP contribution in [0.3, 0.4) is 0 Å². The zero-order valence-electron chi connectivity index (χ0n) is 12.7. The van der Waals surface area contributed by atoms with E-state index in [2.05, 4.69) is 4.98 Å². The van der Waals surface area contributed by atoms with Gasteiger partial charge in [-0.1, -0.05) is 6.07 Å². The third-order valence-corrected chi connectivity index (χ3v) is 3.34. The second-order valence-corrected chi connectivity index (χ2v) is 6.14. The molecule has 2 amide bonds. The first-order valence-electron chi connectivity index (χ1n) is 7.02. The molecule has 3 rings (SSSR count). The molecule has 1 aromatic carbocycles. The molecule has 6 heteroatoms. The number of ether oxygens (including phenoxy) is 1. The Bertz CT molecular complexity index is 730. The molecule has 22 heavy (non-hydrogen) atoms. The summed E-state index contributed by atoms with van der Waals surface area (Å²) in [4.78, 5) is 29.8. The fraction of sp³-hybridized carbons (Fsp3) is 0.312. The van der Waals surface area contributed by atoms with Crippen molar-refractivity contribution in [3.05, 3.63) is 48.0 Å². The van der Waals surface area contributed by atoms with E-state index in [1.54, 1.807) is 51.6 Å². The predicted molar refractivity (Wildman–Crippen MR) is 79.7 cm³/mol. The van der Waals surface area contributed by atoms with E-state index in [0.717, 1.165) is 16.2 Å². The molecule has 114 valence electrons. The smallest absolute Gasteiger partial charge is 0.417 e. The van der Waals surface area contributed by atoms with Crippen molar-refractivity contribution in [3.8, 4) is 5.69 Å². The molecule has 0 unspecified atom stereocenters. The summed E-state index contributed by atoms with van der Waals surface area (Å²) in [6.07, 6.45) is 4.51. The maximum absolute atomic E-state index is 12.4. The first-order valence-corrected chi connectivity index (χ1v) is 7.02. The van der Waals surface area contributed by atoms with Crippen LogP contribution in [-0.4, -0.2) is 32.1 Å². The van der Waals surface area contributed by atoms with Crippen molar-refractivity contribution in [2.24, 2.45) is 0 Å². The lowest BCUT2D eigenvalue weighted by Gasteiger charge is -2.23. The highest BCUT2D eigenvalue weighted by Crippen LogP contribution is 2.29. The Kier molecular flexibility index (Phi) is 3.24. The van der Waals surface area contributed by atoms with Gasteiger partial charge in [0.25, 0.3) is 5.91 Å². The van der Waals surface area contributed by atoms with Gasteiger partial charge in [-0.3, -0.25) is 4.79 Å². The van der Waals surface area contributed by atoms with Crippen LogP contribution in [-0.2, 0) is 11.3 Å². The van der Waals surface area contributed by atoms with Crippen LogP contribution in [0.15, 0.2) is 36.9 Å². The lowest BCUT2D eigenvalue weighted by Crippen LogP contribution is -2.36. The number of fused-ring (bicyclic) bond motifs is 1. The highest BCUT2D eigenvalue weighted by molar-refractivity contribution is 6.07. The number of amides is 2. The van der Waals surface area contributed by atoms with Crippen LogP contribution in [0, 0.1) is 0 Å². The van der Waals surface area contributed by atoms with Crippen molar-refractivity contribution >= 4 is 12.0 Å². The normalized spacial score (nSPS) is 14.1. The molecule has 0 N–H and O–H groups in total.